The summed E-state index contributed by atoms with van der Waals surface area (Å²) in [5.41, 5.74) is 2.01. The fraction of sp³-hybridized carbons (Fsp3) is 0.0909. The number of hydrogen-bond acceptors (Lipinski definition) is 4. The molecular formula is C22H16Cl2N2O4S. The van der Waals surface area contributed by atoms with Crippen molar-refractivity contribution in [1.82, 2.24) is 4.72 Å². The van der Waals surface area contributed by atoms with E-state index in [0.717, 1.165) is 0 Å². The van der Waals surface area contributed by atoms with E-state index in [1.165, 1.54) is 18.2 Å². The van der Waals surface area contributed by atoms with E-state index in [2.05, 4.69) is 4.72 Å². The summed E-state index contributed by atoms with van der Waals surface area (Å²) >= 11 is 12.1. The Bertz CT molecular complexity index is 1290. The van der Waals surface area contributed by atoms with Gasteiger partial charge in [-0.1, -0.05) is 53.5 Å². The first kappa shape index (κ1) is 22.8. The third kappa shape index (κ3) is 5.63. The number of hydrogen-bond donors (Lipinski definition) is 2. The van der Waals surface area contributed by atoms with Crippen LogP contribution in [0.15, 0.2) is 71.6 Å². The average Bonchev–Trinajstić information content (AvgIpc) is 2.73. The van der Waals surface area contributed by atoms with Gasteiger partial charge >= 0.3 is 5.97 Å². The van der Waals surface area contributed by atoms with Crippen molar-refractivity contribution in [3.05, 3.63) is 87.9 Å². The van der Waals surface area contributed by atoms with Crippen LogP contribution in [0.2, 0.25) is 10.0 Å². The van der Waals surface area contributed by atoms with Crippen molar-refractivity contribution in [2.45, 2.75) is 17.4 Å². The van der Waals surface area contributed by atoms with Gasteiger partial charge in [0.1, 0.15) is 6.04 Å². The number of benzene rings is 3. The molecule has 2 N–H and O–H groups in total. The topological polar surface area (TPSA) is 107 Å². The van der Waals surface area contributed by atoms with Crippen LogP contribution in [0.5, 0.6) is 0 Å². The maximum Gasteiger partial charge on any atom is 0.322 e. The van der Waals surface area contributed by atoms with E-state index in [1.54, 1.807) is 48.5 Å². The lowest BCUT2D eigenvalue weighted by Crippen LogP contribution is -2.42. The Balaban J connectivity index is 1.89. The fourth-order valence-electron chi connectivity index (χ4n) is 2.99. The first-order valence-electron chi connectivity index (χ1n) is 8.99. The van der Waals surface area contributed by atoms with Crippen LogP contribution in [0.25, 0.3) is 11.1 Å². The first-order valence-corrected chi connectivity index (χ1v) is 11.2. The first-order chi connectivity index (χ1) is 14.7. The van der Waals surface area contributed by atoms with E-state index < -0.39 is 22.0 Å². The predicted molar refractivity (Wildman–Crippen MR) is 119 cm³/mol. The predicted octanol–water partition coefficient (Wildman–Crippen LogP) is 4.51. The summed E-state index contributed by atoms with van der Waals surface area (Å²) in [7, 11) is -4.16. The molecule has 9 heteroatoms. The molecule has 31 heavy (non-hydrogen) atoms. The maximum atomic E-state index is 12.9. The molecule has 0 fully saturated rings. The molecule has 6 nitrogen and oxygen atoms in total. The number of nitrogens with one attached hydrogen (secondary N) is 1. The molecule has 158 valence electrons. The third-order valence-corrected chi connectivity index (χ3v) is 6.50. The van der Waals surface area contributed by atoms with Crippen molar-refractivity contribution < 1.29 is 18.3 Å². The molecule has 0 aliphatic carbocycles. The normalized spacial score (nSPS) is 12.2. The number of nitriles is 1. The zero-order valence-corrected chi connectivity index (χ0v) is 18.2. The lowest BCUT2D eigenvalue weighted by molar-refractivity contribution is -0.138. The summed E-state index contributed by atoms with van der Waals surface area (Å²) in [6.07, 6.45) is -0.118. The average molecular weight is 475 g/mol. The van der Waals surface area contributed by atoms with Gasteiger partial charge in [-0.2, -0.15) is 9.98 Å². The van der Waals surface area contributed by atoms with Crippen LogP contribution in [0.4, 0.5) is 0 Å². The van der Waals surface area contributed by atoms with Gasteiger partial charge in [0.15, 0.2) is 0 Å². The number of carboxylic acid groups (broad SMARTS) is 1. The quantitative estimate of drug-likeness (QED) is 0.523. The molecule has 3 aromatic rings. The van der Waals surface area contributed by atoms with E-state index in [1.807, 2.05) is 6.07 Å². The summed E-state index contributed by atoms with van der Waals surface area (Å²) in [5, 5.41) is 19.4. The monoisotopic (exact) mass is 474 g/mol. The van der Waals surface area contributed by atoms with Gasteiger partial charge in [0.05, 0.1) is 16.5 Å². The molecule has 3 aromatic carbocycles. The highest BCUT2D eigenvalue weighted by atomic mass is 35.5. The number of aliphatic carboxylic acids is 1. The van der Waals surface area contributed by atoms with Gasteiger partial charge in [0, 0.05) is 15.6 Å². The maximum absolute atomic E-state index is 12.9. The number of nitrogens with zero attached hydrogens (tertiary/aromatic N) is 1. The Kier molecular flexibility index (Phi) is 6.98. The zero-order valence-electron chi connectivity index (χ0n) is 15.9. The molecular weight excluding hydrogens is 459 g/mol. The van der Waals surface area contributed by atoms with Gasteiger partial charge in [-0.15, -0.1) is 0 Å². The van der Waals surface area contributed by atoms with Crippen molar-refractivity contribution in [2.75, 3.05) is 0 Å². The van der Waals surface area contributed by atoms with Gasteiger partial charge in [-0.05, 0) is 53.9 Å². The Hall–Kier alpha value is -2.89. The largest absolute Gasteiger partial charge is 0.480 e. The summed E-state index contributed by atoms with van der Waals surface area (Å²) in [6, 6.07) is 17.8. The number of rotatable bonds is 7. The molecule has 0 heterocycles. The molecule has 0 aromatic heterocycles. The fourth-order valence-corrected chi connectivity index (χ4v) is 4.74. The van der Waals surface area contributed by atoms with Gasteiger partial charge < -0.3 is 5.11 Å². The molecule has 3 rings (SSSR count). The van der Waals surface area contributed by atoms with Crippen LogP contribution < -0.4 is 4.72 Å². The van der Waals surface area contributed by atoms with E-state index in [0.29, 0.717) is 32.3 Å². The van der Waals surface area contributed by atoms with E-state index in [9.17, 15) is 18.3 Å². The Morgan fingerprint density at radius 3 is 2.48 bits per heavy atom. The number of carboxylic acids is 1. The van der Waals surface area contributed by atoms with E-state index in [4.69, 9.17) is 28.5 Å². The number of halogens is 2. The van der Waals surface area contributed by atoms with Crippen molar-refractivity contribution in [3.63, 3.8) is 0 Å². The van der Waals surface area contributed by atoms with E-state index >= 15 is 0 Å². The summed E-state index contributed by atoms with van der Waals surface area (Å²) in [5.74, 6) is -1.33. The molecule has 0 radical (unpaired) electrons. The molecule has 1 unspecified atom stereocenters. The Morgan fingerprint density at radius 1 is 1.06 bits per heavy atom. The van der Waals surface area contributed by atoms with Gasteiger partial charge in [-0.25, -0.2) is 8.42 Å². The molecule has 0 saturated carbocycles. The molecule has 0 aliphatic heterocycles. The van der Waals surface area contributed by atoms with Crippen LogP contribution in [0.1, 0.15) is 11.1 Å². The minimum Gasteiger partial charge on any atom is -0.480 e. The molecule has 0 saturated heterocycles. The molecule has 0 amide bonds. The number of carbonyl (C=O) groups is 1. The minimum absolute atomic E-state index is 0.104. The van der Waals surface area contributed by atoms with Gasteiger partial charge in [0.25, 0.3) is 0 Å². The lowest BCUT2D eigenvalue weighted by Gasteiger charge is -2.16. The molecule has 0 bridgehead atoms. The second kappa shape index (κ2) is 9.50. The highest BCUT2D eigenvalue weighted by molar-refractivity contribution is 7.89. The Labute approximate surface area is 189 Å². The highest BCUT2D eigenvalue weighted by Crippen LogP contribution is 2.31. The minimum atomic E-state index is -4.16. The number of sulfonamides is 1. The molecule has 0 spiro atoms. The second-order valence-electron chi connectivity index (χ2n) is 6.68. The molecule has 0 aliphatic rings. The summed E-state index contributed by atoms with van der Waals surface area (Å²) in [6.45, 7) is 0. The van der Waals surface area contributed by atoms with Crippen molar-refractivity contribution in [2.24, 2.45) is 0 Å². The smallest absolute Gasteiger partial charge is 0.322 e. The summed E-state index contributed by atoms with van der Waals surface area (Å²) in [4.78, 5) is 11.6. The van der Waals surface area contributed by atoms with Crippen molar-refractivity contribution >= 4 is 39.2 Å². The van der Waals surface area contributed by atoms with Gasteiger partial charge in [0.2, 0.25) is 10.0 Å². The Morgan fingerprint density at radius 2 is 1.81 bits per heavy atom. The standard InChI is InChI=1S/C22H16Cl2N2O4S/c23-17-7-8-19(20(24)12-17)16-5-2-6-18(11-16)31(29,30)26-21(22(27)28)10-14-3-1-4-15(9-14)13-25/h1-9,11-12,21,26H,10H2,(H,27,28). The SMILES string of the molecule is N#Cc1cccc(CC(NS(=O)(=O)c2cccc(-c3ccc(Cl)cc3Cl)c2)C(=O)O)c1. The van der Waals surface area contributed by atoms with Crippen molar-refractivity contribution in [3.8, 4) is 17.2 Å². The molecule has 1 atom stereocenters. The zero-order chi connectivity index (χ0) is 22.6. The van der Waals surface area contributed by atoms with Crippen LogP contribution in [0, 0.1) is 11.3 Å². The van der Waals surface area contributed by atoms with Gasteiger partial charge in [-0.3, -0.25) is 4.79 Å². The highest BCUT2D eigenvalue weighted by Gasteiger charge is 2.26. The van der Waals surface area contributed by atoms with Crippen LogP contribution in [-0.2, 0) is 21.2 Å². The van der Waals surface area contributed by atoms with Crippen molar-refractivity contribution in [1.29, 1.82) is 5.26 Å². The summed E-state index contributed by atoms with van der Waals surface area (Å²) < 4.78 is 28.0. The second-order valence-corrected chi connectivity index (χ2v) is 9.24. The van der Waals surface area contributed by atoms with Crippen LogP contribution >= 0.6 is 23.2 Å². The van der Waals surface area contributed by atoms with Crippen LogP contribution in [-0.4, -0.2) is 25.5 Å². The van der Waals surface area contributed by atoms with E-state index in [-0.39, 0.29) is 11.3 Å². The lowest BCUT2D eigenvalue weighted by atomic mass is 10.0. The third-order valence-electron chi connectivity index (χ3n) is 4.48. The van der Waals surface area contributed by atoms with Crippen LogP contribution in [0.3, 0.4) is 0 Å².